The van der Waals surface area contributed by atoms with E-state index in [1.54, 1.807) is 19.2 Å². The molecule has 0 atom stereocenters. The third-order valence-corrected chi connectivity index (χ3v) is 7.34. The molecule has 0 aliphatic heterocycles. The zero-order valence-electron chi connectivity index (χ0n) is 17.1. The quantitative estimate of drug-likeness (QED) is 0.688. The molecule has 154 valence electrons. The van der Waals surface area contributed by atoms with Crippen LogP contribution in [0.25, 0.3) is 0 Å². The summed E-state index contributed by atoms with van der Waals surface area (Å²) in [5.74, 6) is 4.85. The fraction of sp³-hybridized carbons (Fsp3) is 0.520. The highest BCUT2D eigenvalue weighted by molar-refractivity contribution is 5.43. The van der Waals surface area contributed by atoms with Crippen LogP contribution in [-0.4, -0.2) is 13.2 Å². The second-order valence-electron chi connectivity index (χ2n) is 9.20. The standard InChI is InChI=1S/C25H30FNO2/c1-28-24-13-16(6-7-23(24)29-15-19-4-2-3-5-22(19)26)14-27-25-20-9-17-8-18(11-20)12-21(25)10-17/h2-7,13,17-18,20-21,25,27H,8-12,14-15H2,1H3. The summed E-state index contributed by atoms with van der Waals surface area (Å²) in [5, 5.41) is 3.87. The van der Waals surface area contributed by atoms with Gasteiger partial charge in [0.25, 0.3) is 0 Å². The normalized spacial score (nSPS) is 29.8. The second kappa shape index (κ2) is 7.98. The van der Waals surface area contributed by atoms with Crippen molar-refractivity contribution in [3.63, 3.8) is 0 Å². The molecule has 4 aliphatic carbocycles. The van der Waals surface area contributed by atoms with Crippen molar-refractivity contribution in [3.8, 4) is 11.5 Å². The Balaban J connectivity index is 1.22. The highest BCUT2D eigenvalue weighted by atomic mass is 19.1. The van der Waals surface area contributed by atoms with Crippen LogP contribution in [0.15, 0.2) is 42.5 Å². The van der Waals surface area contributed by atoms with Gasteiger partial charge in [0.05, 0.1) is 7.11 Å². The molecule has 0 amide bonds. The van der Waals surface area contributed by atoms with E-state index in [0.717, 1.165) is 30.2 Å². The summed E-state index contributed by atoms with van der Waals surface area (Å²) in [5.41, 5.74) is 1.75. The SMILES string of the molecule is COc1cc(CNC2C3CC4CC(C3)CC2C4)ccc1OCc1ccccc1F. The summed E-state index contributed by atoms with van der Waals surface area (Å²) in [6, 6.07) is 13.4. The van der Waals surface area contributed by atoms with Gasteiger partial charge in [0.15, 0.2) is 11.5 Å². The van der Waals surface area contributed by atoms with Crippen LogP contribution in [0, 0.1) is 29.5 Å². The Hall–Kier alpha value is -2.07. The molecule has 0 saturated heterocycles. The number of hydrogen-bond donors (Lipinski definition) is 1. The van der Waals surface area contributed by atoms with Crippen molar-refractivity contribution in [3.05, 3.63) is 59.4 Å². The van der Waals surface area contributed by atoms with Crippen LogP contribution in [0.1, 0.15) is 43.2 Å². The summed E-state index contributed by atoms with van der Waals surface area (Å²) >= 11 is 0. The maximum Gasteiger partial charge on any atom is 0.161 e. The van der Waals surface area contributed by atoms with Crippen LogP contribution in [0.3, 0.4) is 0 Å². The second-order valence-corrected chi connectivity index (χ2v) is 9.20. The molecule has 0 unspecified atom stereocenters. The molecule has 2 aromatic carbocycles. The van der Waals surface area contributed by atoms with Crippen molar-refractivity contribution in [2.24, 2.45) is 23.7 Å². The monoisotopic (exact) mass is 395 g/mol. The van der Waals surface area contributed by atoms with Gasteiger partial charge in [-0.05, 0) is 79.5 Å². The Morgan fingerprint density at radius 1 is 0.931 bits per heavy atom. The van der Waals surface area contributed by atoms with E-state index in [4.69, 9.17) is 9.47 Å². The van der Waals surface area contributed by atoms with Crippen LogP contribution in [0.2, 0.25) is 0 Å². The molecule has 4 aliphatic rings. The van der Waals surface area contributed by atoms with Crippen molar-refractivity contribution in [1.29, 1.82) is 0 Å². The van der Waals surface area contributed by atoms with Crippen LogP contribution in [-0.2, 0) is 13.2 Å². The lowest BCUT2D eigenvalue weighted by Gasteiger charge is -2.54. The first kappa shape index (κ1) is 18.9. The summed E-state index contributed by atoms with van der Waals surface area (Å²) in [6.45, 7) is 1.05. The minimum atomic E-state index is -0.247. The van der Waals surface area contributed by atoms with Crippen LogP contribution in [0.4, 0.5) is 4.39 Å². The zero-order valence-corrected chi connectivity index (χ0v) is 17.1. The first-order valence-electron chi connectivity index (χ1n) is 11.0. The van der Waals surface area contributed by atoms with Crippen molar-refractivity contribution >= 4 is 0 Å². The predicted octanol–water partition coefficient (Wildman–Crippen LogP) is 5.33. The van der Waals surface area contributed by atoms with E-state index in [1.165, 1.54) is 43.7 Å². The Morgan fingerprint density at radius 2 is 1.66 bits per heavy atom. The number of halogens is 1. The number of benzene rings is 2. The summed E-state index contributed by atoms with van der Waals surface area (Å²) in [7, 11) is 1.65. The van der Waals surface area contributed by atoms with Gasteiger partial charge in [-0.25, -0.2) is 4.39 Å². The Kier molecular flexibility index (Phi) is 5.21. The van der Waals surface area contributed by atoms with Crippen LogP contribution in [0.5, 0.6) is 11.5 Å². The lowest BCUT2D eigenvalue weighted by Crippen LogP contribution is -2.54. The first-order chi connectivity index (χ1) is 14.2. The van der Waals surface area contributed by atoms with Gasteiger partial charge in [0, 0.05) is 18.2 Å². The largest absolute Gasteiger partial charge is 0.493 e. The minimum Gasteiger partial charge on any atom is -0.493 e. The van der Waals surface area contributed by atoms with Gasteiger partial charge < -0.3 is 14.8 Å². The van der Waals surface area contributed by atoms with Gasteiger partial charge in [-0.2, -0.15) is 0 Å². The number of hydrogen-bond acceptors (Lipinski definition) is 3. The number of nitrogens with one attached hydrogen (secondary N) is 1. The summed E-state index contributed by atoms with van der Waals surface area (Å²) in [4.78, 5) is 0. The molecule has 2 aromatic rings. The minimum absolute atomic E-state index is 0.189. The lowest BCUT2D eigenvalue weighted by atomic mass is 9.54. The van der Waals surface area contributed by atoms with E-state index < -0.39 is 0 Å². The lowest BCUT2D eigenvalue weighted by molar-refractivity contribution is -0.0142. The predicted molar refractivity (Wildman–Crippen MR) is 111 cm³/mol. The van der Waals surface area contributed by atoms with Gasteiger partial charge in [-0.1, -0.05) is 24.3 Å². The molecule has 0 radical (unpaired) electrons. The van der Waals surface area contributed by atoms with E-state index in [2.05, 4.69) is 11.4 Å². The van der Waals surface area contributed by atoms with E-state index in [1.807, 2.05) is 18.2 Å². The van der Waals surface area contributed by atoms with E-state index in [9.17, 15) is 4.39 Å². The van der Waals surface area contributed by atoms with Gasteiger partial charge in [0.2, 0.25) is 0 Å². The van der Waals surface area contributed by atoms with E-state index in [0.29, 0.717) is 23.1 Å². The highest BCUT2D eigenvalue weighted by Gasteiger charge is 2.47. The fourth-order valence-corrected chi connectivity index (χ4v) is 6.21. The van der Waals surface area contributed by atoms with E-state index >= 15 is 0 Å². The average Bonchev–Trinajstić information content (AvgIpc) is 2.72. The molecule has 4 saturated carbocycles. The molecule has 0 spiro atoms. The van der Waals surface area contributed by atoms with E-state index in [-0.39, 0.29) is 12.4 Å². The van der Waals surface area contributed by atoms with Gasteiger partial charge >= 0.3 is 0 Å². The van der Waals surface area contributed by atoms with Gasteiger partial charge in [-0.15, -0.1) is 0 Å². The third kappa shape index (κ3) is 3.87. The smallest absolute Gasteiger partial charge is 0.161 e. The molecule has 3 nitrogen and oxygen atoms in total. The molecule has 0 aromatic heterocycles. The Morgan fingerprint density at radius 3 is 2.34 bits per heavy atom. The number of methoxy groups -OCH3 is 1. The molecule has 0 heterocycles. The Labute approximate surface area is 172 Å². The Bertz CT molecular complexity index is 840. The maximum atomic E-state index is 13.8. The molecule has 6 rings (SSSR count). The molecular weight excluding hydrogens is 365 g/mol. The molecule has 29 heavy (non-hydrogen) atoms. The molecule has 4 bridgehead atoms. The zero-order chi connectivity index (χ0) is 19.8. The first-order valence-corrected chi connectivity index (χ1v) is 11.0. The highest BCUT2D eigenvalue weighted by Crippen LogP contribution is 2.53. The maximum absolute atomic E-state index is 13.8. The molecule has 4 fully saturated rings. The number of rotatable bonds is 7. The fourth-order valence-electron chi connectivity index (χ4n) is 6.21. The number of ether oxygens (including phenoxy) is 2. The van der Waals surface area contributed by atoms with Crippen molar-refractivity contribution in [2.75, 3.05) is 7.11 Å². The van der Waals surface area contributed by atoms with Crippen molar-refractivity contribution in [2.45, 2.75) is 51.3 Å². The van der Waals surface area contributed by atoms with Crippen LogP contribution < -0.4 is 14.8 Å². The summed E-state index contributed by atoms with van der Waals surface area (Å²) < 4.78 is 25.2. The molecule has 1 N–H and O–H groups in total. The van der Waals surface area contributed by atoms with Gasteiger partial charge in [0.1, 0.15) is 12.4 Å². The average molecular weight is 396 g/mol. The third-order valence-electron chi connectivity index (χ3n) is 7.34. The molecular formula is C25H30FNO2. The van der Waals surface area contributed by atoms with Crippen LogP contribution >= 0.6 is 0 Å². The van der Waals surface area contributed by atoms with Crippen molar-refractivity contribution < 1.29 is 13.9 Å². The topological polar surface area (TPSA) is 30.5 Å². The summed E-state index contributed by atoms with van der Waals surface area (Å²) in [6.07, 6.45) is 7.20. The van der Waals surface area contributed by atoms with Gasteiger partial charge in [-0.3, -0.25) is 0 Å². The van der Waals surface area contributed by atoms with Crippen molar-refractivity contribution in [1.82, 2.24) is 5.32 Å². The molecule has 4 heteroatoms.